The summed E-state index contributed by atoms with van der Waals surface area (Å²) in [6.45, 7) is 3.44. The third-order valence-corrected chi connectivity index (χ3v) is 3.23. The van der Waals surface area contributed by atoms with Gasteiger partial charge in [0.2, 0.25) is 0 Å². The van der Waals surface area contributed by atoms with E-state index in [1.54, 1.807) is 14.2 Å². The van der Waals surface area contributed by atoms with Crippen molar-refractivity contribution in [1.29, 1.82) is 0 Å². The van der Waals surface area contributed by atoms with Crippen molar-refractivity contribution in [1.82, 2.24) is 5.32 Å². The maximum atomic E-state index is 5.79. The van der Waals surface area contributed by atoms with Crippen molar-refractivity contribution in [3.05, 3.63) is 23.8 Å². The summed E-state index contributed by atoms with van der Waals surface area (Å²) >= 11 is 0. The molecule has 0 spiro atoms. The number of methoxy groups -OCH3 is 2. The molecule has 0 saturated heterocycles. The molecule has 2 rings (SSSR count). The molecule has 0 amide bonds. The molecule has 5 nitrogen and oxygen atoms in total. The second-order valence-electron chi connectivity index (χ2n) is 4.74. The van der Waals surface area contributed by atoms with Crippen molar-refractivity contribution in [3.63, 3.8) is 0 Å². The average Bonchev–Trinajstić information content (AvgIpc) is 2.72. The van der Waals surface area contributed by atoms with E-state index in [4.69, 9.17) is 18.9 Å². The first-order chi connectivity index (χ1) is 9.85. The Morgan fingerprint density at radius 3 is 2.90 bits per heavy atom. The Bertz CT molecular complexity index is 411. The Morgan fingerprint density at radius 1 is 1.25 bits per heavy atom. The topological polar surface area (TPSA) is 49.0 Å². The molecule has 112 valence electrons. The predicted octanol–water partition coefficient (Wildman–Crippen LogP) is 1.60. The van der Waals surface area contributed by atoms with Crippen LogP contribution in [-0.2, 0) is 16.0 Å². The minimum Gasteiger partial charge on any atom is -0.490 e. The minimum absolute atomic E-state index is 0.0551. The smallest absolute Gasteiger partial charge is 0.165 e. The summed E-state index contributed by atoms with van der Waals surface area (Å²) in [4.78, 5) is 0. The fourth-order valence-electron chi connectivity index (χ4n) is 2.16. The van der Waals surface area contributed by atoms with Crippen molar-refractivity contribution >= 4 is 0 Å². The van der Waals surface area contributed by atoms with Crippen LogP contribution in [0.2, 0.25) is 0 Å². The van der Waals surface area contributed by atoms with Gasteiger partial charge in [-0.1, -0.05) is 12.1 Å². The molecule has 1 unspecified atom stereocenters. The summed E-state index contributed by atoms with van der Waals surface area (Å²) < 4.78 is 21.9. The number of fused-ring (bicyclic) bond motifs is 1. The number of nitrogens with one attached hydrogen (secondary N) is 1. The van der Waals surface area contributed by atoms with E-state index >= 15 is 0 Å². The SMILES string of the molecule is COCC(CNCc1cccc2c1OCCCO2)OC. The van der Waals surface area contributed by atoms with Crippen molar-refractivity contribution in [3.8, 4) is 11.5 Å². The van der Waals surface area contributed by atoms with Crippen LogP contribution in [-0.4, -0.2) is 46.7 Å². The lowest BCUT2D eigenvalue weighted by atomic mass is 10.2. The first-order valence-electron chi connectivity index (χ1n) is 6.95. The van der Waals surface area contributed by atoms with E-state index in [2.05, 4.69) is 11.4 Å². The molecule has 1 aromatic rings. The Labute approximate surface area is 120 Å². The Balaban J connectivity index is 1.92. The van der Waals surface area contributed by atoms with Gasteiger partial charge < -0.3 is 24.3 Å². The molecule has 5 heteroatoms. The molecule has 1 aromatic carbocycles. The van der Waals surface area contributed by atoms with Crippen LogP contribution in [0.5, 0.6) is 11.5 Å². The molecule has 1 N–H and O–H groups in total. The van der Waals surface area contributed by atoms with Crippen LogP contribution >= 0.6 is 0 Å². The van der Waals surface area contributed by atoms with Gasteiger partial charge in [0.05, 0.1) is 25.9 Å². The van der Waals surface area contributed by atoms with Gasteiger partial charge in [-0.25, -0.2) is 0 Å². The van der Waals surface area contributed by atoms with Crippen molar-refractivity contribution in [2.75, 3.05) is 40.6 Å². The third-order valence-electron chi connectivity index (χ3n) is 3.23. The highest BCUT2D eigenvalue weighted by atomic mass is 16.5. The molecule has 1 atom stereocenters. The highest BCUT2D eigenvalue weighted by molar-refractivity contribution is 5.47. The van der Waals surface area contributed by atoms with Gasteiger partial charge >= 0.3 is 0 Å². The lowest BCUT2D eigenvalue weighted by Crippen LogP contribution is -2.31. The quantitative estimate of drug-likeness (QED) is 0.822. The standard InChI is InChI=1S/C15H23NO4/c1-17-11-13(18-2)10-16-9-12-5-3-6-14-15(12)20-8-4-7-19-14/h3,5-6,13,16H,4,7-11H2,1-2H3. The number of ether oxygens (including phenoxy) is 4. The van der Waals surface area contributed by atoms with Crippen molar-refractivity contribution in [2.24, 2.45) is 0 Å². The summed E-state index contributed by atoms with van der Waals surface area (Å²) in [7, 11) is 3.37. The Morgan fingerprint density at radius 2 is 2.10 bits per heavy atom. The number of hydrogen-bond acceptors (Lipinski definition) is 5. The van der Waals surface area contributed by atoms with Gasteiger partial charge in [0.25, 0.3) is 0 Å². The monoisotopic (exact) mass is 281 g/mol. The zero-order chi connectivity index (χ0) is 14.2. The fraction of sp³-hybridized carbons (Fsp3) is 0.600. The summed E-state index contributed by atoms with van der Waals surface area (Å²) in [5.74, 6) is 1.69. The fourth-order valence-corrected chi connectivity index (χ4v) is 2.16. The largest absolute Gasteiger partial charge is 0.490 e. The van der Waals surface area contributed by atoms with E-state index in [9.17, 15) is 0 Å². The molecule has 1 aliphatic heterocycles. The van der Waals surface area contributed by atoms with Gasteiger partial charge in [-0.2, -0.15) is 0 Å². The number of rotatable bonds is 7. The Kier molecular flexibility index (Phi) is 6.11. The predicted molar refractivity (Wildman–Crippen MR) is 76.4 cm³/mol. The normalized spacial score (nSPS) is 15.7. The summed E-state index contributed by atoms with van der Waals surface area (Å²) in [5, 5.41) is 3.37. The molecular formula is C15H23NO4. The molecule has 0 fully saturated rings. The van der Waals surface area contributed by atoms with Crippen LogP contribution in [0.3, 0.4) is 0 Å². The second-order valence-corrected chi connectivity index (χ2v) is 4.74. The molecular weight excluding hydrogens is 258 g/mol. The van der Waals surface area contributed by atoms with Crippen LogP contribution in [0.1, 0.15) is 12.0 Å². The zero-order valence-corrected chi connectivity index (χ0v) is 12.2. The highest BCUT2D eigenvalue weighted by Gasteiger charge is 2.14. The molecule has 1 aliphatic rings. The lowest BCUT2D eigenvalue weighted by Gasteiger charge is -2.16. The van der Waals surface area contributed by atoms with E-state index in [1.807, 2.05) is 12.1 Å². The number of benzene rings is 1. The van der Waals surface area contributed by atoms with Gasteiger partial charge in [0, 0.05) is 39.3 Å². The molecule has 0 aliphatic carbocycles. The van der Waals surface area contributed by atoms with Crippen LogP contribution in [0.15, 0.2) is 18.2 Å². The molecule has 0 aromatic heterocycles. The molecule has 0 radical (unpaired) electrons. The van der Waals surface area contributed by atoms with E-state index in [0.29, 0.717) is 19.8 Å². The first kappa shape index (κ1) is 15.1. The van der Waals surface area contributed by atoms with Crippen molar-refractivity contribution in [2.45, 2.75) is 19.1 Å². The van der Waals surface area contributed by atoms with E-state index in [1.165, 1.54) is 0 Å². The van der Waals surface area contributed by atoms with Crippen LogP contribution < -0.4 is 14.8 Å². The third kappa shape index (κ3) is 4.10. The number of para-hydroxylation sites is 1. The van der Waals surface area contributed by atoms with Gasteiger partial charge in [-0.05, 0) is 6.07 Å². The average molecular weight is 281 g/mol. The van der Waals surface area contributed by atoms with Gasteiger partial charge in [-0.3, -0.25) is 0 Å². The lowest BCUT2D eigenvalue weighted by molar-refractivity contribution is 0.0287. The summed E-state index contributed by atoms with van der Waals surface area (Å²) in [6, 6.07) is 6.00. The number of hydrogen-bond donors (Lipinski definition) is 1. The van der Waals surface area contributed by atoms with Crippen LogP contribution in [0, 0.1) is 0 Å². The maximum absolute atomic E-state index is 5.79. The Hall–Kier alpha value is -1.30. The summed E-state index contributed by atoms with van der Waals surface area (Å²) in [6.07, 6.45) is 0.973. The second kappa shape index (κ2) is 8.09. The van der Waals surface area contributed by atoms with Gasteiger partial charge in [0.1, 0.15) is 0 Å². The van der Waals surface area contributed by atoms with Crippen LogP contribution in [0.4, 0.5) is 0 Å². The molecule has 20 heavy (non-hydrogen) atoms. The highest BCUT2D eigenvalue weighted by Crippen LogP contribution is 2.33. The maximum Gasteiger partial charge on any atom is 0.165 e. The van der Waals surface area contributed by atoms with Crippen molar-refractivity contribution < 1.29 is 18.9 Å². The van der Waals surface area contributed by atoms with E-state index in [-0.39, 0.29) is 6.10 Å². The zero-order valence-electron chi connectivity index (χ0n) is 12.2. The minimum atomic E-state index is 0.0551. The van der Waals surface area contributed by atoms with Gasteiger partial charge in [-0.15, -0.1) is 0 Å². The summed E-state index contributed by atoms with van der Waals surface area (Å²) in [5.41, 5.74) is 1.11. The molecule has 0 saturated carbocycles. The van der Waals surface area contributed by atoms with E-state index < -0.39 is 0 Å². The first-order valence-corrected chi connectivity index (χ1v) is 6.95. The van der Waals surface area contributed by atoms with Crippen LogP contribution in [0.25, 0.3) is 0 Å². The van der Waals surface area contributed by atoms with Gasteiger partial charge in [0.15, 0.2) is 11.5 Å². The van der Waals surface area contributed by atoms with E-state index in [0.717, 1.165) is 36.6 Å². The molecule has 0 bridgehead atoms. The molecule has 1 heterocycles.